The van der Waals surface area contributed by atoms with Gasteiger partial charge in [-0.1, -0.05) is 12.1 Å². The van der Waals surface area contributed by atoms with Gasteiger partial charge in [0, 0.05) is 11.3 Å². The van der Waals surface area contributed by atoms with E-state index in [0.717, 1.165) is 12.0 Å². The third-order valence-corrected chi connectivity index (χ3v) is 3.30. The molecule has 0 N–H and O–H groups in total. The zero-order valence-electron chi connectivity index (χ0n) is 9.42. The molecule has 0 bridgehead atoms. The molecular weight excluding hydrogens is 220 g/mol. The molecule has 0 radical (unpaired) electrons. The summed E-state index contributed by atoms with van der Waals surface area (Å²) in [4.78, 5) is 10.6. The Hall–Kier alpha value is -2.09. The van der Waals surface area contributed by atoms with Crippen LogP contribution in [0.15, 0.2) is 18.2 Å². The summed E-state index contributed by atoms with van der Waals surface area (Å²) in [7, 11) is 1.49. The van der Waals surface area contributed by atoms with Crippen LogP contribution in [-0.4, -0.2) is 18.1 Å². The lowest BCUT2D eigenvalue weighted by Crippen LogP contribution is -2.36. The second kappa shape index (κ2) is 4.42. The van der Waals surface area contributed by atoms with Gasteiger partial charge in [0.05, 0.1) is 18.6 Å². The Morgan fingerprint density at radius 3 is 2.76 bits per heavy atom. The van der Waals surface area contributed by atoms with Crippen LogP contribution in [-0.2, 0) is 0 Å². The first kappa shape index (κ1) is 11.4. The van der Waals surface area contributed by atoms with E-state index in [1.807, 2.05) is 0 Å². The van der Waals surface area contributed by atoms with Crippen LogP contribution in [0, 0.1) is 21.4 Å². The zero-order valence-corrected chi connectivity index (χ0v) is 9.42. The van der Waals surface area contributed by atoms with Gasteiger partial charge in [0.15, 0.2) is 0 Å². The Balaban J connectivity index is 2.40. The van der Waals surface area contributed by atoms with Gasteiger partial charge in [0.2, 0.25) is 6.04 Å². The van der Waals surface area contributed by atoms with Crippen molar-refractivity contribution >= 4 is 0 Å². The predicted octanol–water partition coefficient (Wildman–Crippen LogP) is 2.09. The Morgan fingerprint density at radius 2 is 2.29 bits per heavy atom. The number of hydrogen-bond acceptors (Lipinski definition) is 4. The van der Waals surface area contributed by atoms with E-state index in [4.69, 9.17) is 10.00 Å². The van der Waals surface area contributed by atoms with E-state index in [9.17, 15) is 10.1 Å². The van der Waals surface area contributed by atoms with Gasteiger partial charge in [-0.05, 0) is 18.1 Å². The molecule has 2 rings (SSSR count). The fraction of sp³-hybridized carbons (Fsp3) is 0.417. The van der Waals surface area contributed by atoms with Gasteiger partial charge >= 0.3 is 0 Å². The fourth-order valence-corrected chi connectivity index (χ4v) is 2.24. The van der Waals surface area contributed by atoms with Crippen molar-refractivity contribution in [3.05, 3.63) is 39.4 Å². The SMILES string of the molecule is COc1cccc(C2CCC2[N+](=O)[O-])c1C#N. The molecule has 2 unspecified atom stereocenters. The van der Waals surface area contributed by atoms with E-state index in [-0.39, 0.29) is 10.8 Å². The molecule has 17 heavy (non-hydrogen) atoms. The molecule has 5 nitrogen and oxygen atoms in total. The molecule has 1 aromatic rings. The molecule has 88 valence electrons. The largest absolute Gasteiger partial charge is 0.495 e. The minimum atomic E-state index is -0.561. The lowest BCUT2D eigenvalue weighted by Gasteiger charge is -2.30. The summed E-state index contributed by atoms with van der Waals surface area (Å²) >= 11 is 0. The molecular formula is C12H12N2O3. The van der Waals surface area contributed by atoms with Crippen LogP contribution in [0.2, 0.25) is 0 Å². The zero-order chi connectivity index (χ0) is 12.4. The molecule has 0 aromatic heterocycles. The Kier molecular flexibility index (Phi) is 2.96. The van der Waals surface area contributed by atoms with Gasteiger partial charge in [0.25, 0.3) is 0 Å². The topological polar surface area (TPSA) is 76.2 Å². The quantitative estimate of drug-likeness (QED) is 0.590. The molecule has 0 aliphatic heterocycles. The standard InChI is InChI=1S/C12H12N2O3/c1-17-12-4-2-3-8(10(12)7-13)9-5-6-11(9)14(15)16/h2-4,9,11H,5-6H2,1H3. The van der Waals surface area contributed by atoms with Gasteiger partial charge in [-0.3, -0.25) is 10.1 Å². The molecule has 2 atom stereocenters. The van der Waals surface area contributed by atoms with Crippen LogP contribution < -0.4 is 4.74 Å². The molecule has 5 heteroatoms. The first-order chi connectivity index (χ1) is 8.19. The predicted molar refractivity (Wildman–Crippen MR) is 60.5 cm³/mol. The Bertz CT molecular complexity index is 493. The van der Waals surface area contributed by atoms with Crippen molar-refractivity contribution in [3.63, 3.8) is 0 Å². The third kappa shape index (κ3) is 1.82. The minimum absolute atomic E-state index is 0.158. The highest BCUT2D eigenvalue weighted by Crippen LogP contribution is 2.41. The van der Waals surface area contributed by atoms with Gasteiger partial charge in [-0.15, -0.1) is 0 Å². The number of benzene rings is 1. The van der Waals surface area contributed by atoms with Crippen LogP contribution in [0.3, 0.4) is 0 Å². The van der Waals surface area contributed by atoms with E-state index in [2.05, 4.69) is 6.07 Å². The molecule has 0 spiro atoms. The summed E-state index contributed by atoms with van der Waals surface area (Å²) < 4.78 is 5.10. The van der Waals surface area contributed by atoms with Crippen LogP contribution in [0.5, 0.6) is 5.75 Å². The number of hydrogen-bond donors (Lipinski definition) is 0. The maximum atomic E-state index is 10.8. The highest BCUT2D eigenvalue weighted by Gasteiger charge is 2.42. The van der Waals surface area contributed by atoms with E-state index >= 15 is 0 Å². The lowest BCUT2D eigenvalue weighted by atomic mass is 9.74. The van der Waals surface area contributed by atoms with E-state index in [1.165, 1.54) is 7.11 Å². The summed E-state index contributed by atoms with van der Waals surface area (Å²) in [5.74, 6) is 0.328. The number of nitrogens with zero attached hydrogens (tertiary/aromatic N) is 2. The maximum Gasteiger partial charge on any atom is 0.220 e. The normalized spacial score (nSPS) is 22.4. The summed E-state index contributed by atoms with van der Waals surface area (Å²) in [6, 6.07) is 6.76. The van der Waals surface area contributed by atoms with E-state index in [1.54, 1.807) is 18.2 Å². The molecule has 1 aliphatic carbocycles. The number of nitro groups is 1. The summed E-state index contributed by atoms with van der Waals surface area (Å²) in [6.45, 7) is 0. The first-order valence-corrected chi connectivity index (χ1v) is 5.39. The summed E-state index contributed by atoms with van der Waals surface area (Å²) in [5.41, 5.74) is 1.16. The van der Waals surface area contributed by atoms with Crippen molar-refractivity contribution in [3.8, 4) is 11.8 Å². The van der Waals surface area contributed by atoms with Crippen molar-refractivity contribution in [1.82, 2.24) is 0 Å². The fourth-order valence-electron chi connectivity index (χ4n) is 2.24. The highest BCUT2D eigenvalue weighted by molar-refractivity contribution is 5.51. The molecule has 1 fully saturated rings. The molecule has 0 saturated heterocycles. The van der Waals surface area contributed by atoms with Crippen LogP contribution in [0.4, 0.5) is 0 Å². The highest BCUT2D eigenvalue weighted by atomic mass is 16.6. The Morgan fingerprint density at radius 1 is 1.53 bits per heavy atom. The van der Waals surface area contributed by atoms with Crippen molar-refractivity contribution in [1.29, 1.82) is 5.26 Å². The monoisotopic (exact) mass is 232 g/mol. The van der Waals surface area contributed by atoms with Crippen molar-refractivity contribution in [2.75, 3.05) is 7.11 Å². The second-order valence-electron chi connectivity index (χ2n) is 4.07. The number of ether oxygens (including phenoxy) is 1. The maximum absolute atomic E-state index is 10.8. The molecule has 1 aliphatic rings. The summed E-state index contributed by atoms with van der Waals surface area (Å²) in [6.07, 6.45) is 1.34. The molecule has 1 saturated carbocycles. The van der Waals surface area contributed by atoms with Crippen LogP contribution in [0.25, 0.3) is 0 Å². The molecule has 0 heterocycles. The molecule has 0 amide bonds. The van der Waals surface area contributed by atoms with Crippen molar-refractivity contribution in [2.24, 2.45) is 0 Å². The van der Waals surface area contributed by atoms with Gasteiger partial charge in [-0.25, -0.2) is 0 Å². The smallest absolute Gasteiger partial charge is 0.220 e. The lowest BCUT2D eigenvalue weighted by molar-refractivity contribution is -0.540. The minimum Gasteiger partial charge on any atom is -0.495 e. The number of nitriles is 1. The van der Waals surface area contributed by atoms with Gasteiger partial charge in [0.1, 0.15) is 11.8 Å². The van der Waals surface area contributed by atoms with E-state index < -0.39 is 6.04 Å². The summed E-state index contributed by atoms with van der Waals surface area (Å²) in [5, 5.41) is 19.9. The van der Waals surface area contributed by atoms with E-state index in [0.29, 0.717) is 17.7 Å². The van der Waals surface area contributed by atoms with Gasteiger partial charge in [-0.2, -0.15) is 5.26 Å². The second-order valence-corrected chi connectivity index (χ2v) is 4.07. The van der Waals surface area contributed by atoms with Crippen LogP contribution in [0.1, 0.15) is 29.9 Å². The van der Waals surface area contributed by atoms with Gasteiger partial charge < -0.3 is 4.74 Å². The third-order valence-electron chi connectivity index (χ3n) is 3.30. The van der Waals surface area contributed by atoms with Crippen molar-refractivity contribution < 1.29 is 9.66 Å². The van der Waals surface area contributed by atoms with Crippen molar-refractivity contribution in [2.45, 2.75) is 24.8 Å². The average Bonchev–Trinajstić information content (AvgIpc) is 2.26. The van der Waals surface area contributed by atoms with Crippen LogP contribution >= 0.6 is 0 Å². The number of methoxy groups -OCH3 is 1. The first-order valence-electron chi connectivity index (χ1n) is 5.39. The number of rotatable bonds is 3. The molecule has 1 aromatic carbocycles. The average molecular weight is 232 g/mol. The Labute approximate surface area is 98.8 Å².